The molecular formula is C15H14Cl2N2O6. The summed E-state index contributed by atoms with van der Waals surface area (Å²) in [5.74, 6) is -3.26. The minimum Gasteiger partial charge on any atom is -0.480 e. The van der Waals surface area contributed by atoms with Gasteiger partial charge in [-0.25, -0.2) is 4.79 Å². The Labute approximate surface area is 152 Å². The summed E-state index contributed by atoms with van der Waals surface area (Å²) in [7, 11) is 0. The van der Waals surface area contributed by atoms with Crippen LogP contribution in [0.5, 0.6) is 0 Å². The molecule has 0 saturated carbocycles. The molecule has 0 aromatic heterocycles. The number of carbonyl (C=O) groups excluding carboxylic acids is 3. The summed E-state index contributed by atoms with van der Waals surface area (Å²) in [6.45, 7) is -0.393. The van der Waals surface area contributed by atoms with Crippen molar-refractivity contribution >= 4 is 47.0 Å². The molecule has 0 spiro atoms. The fraction of sp³-hybridized carbons (Fsp3) is 0.333. The monoisotopic (exact) mass is 388 g/mol. The van der Waals surface area contributed by atoms with Gasteiger partial charge in [0.25, 0.3) is 11.8 Å². The predicted octanol–water partition coefficient (Wildman–Crippen LogP) is 0.998. The lowest BCUT2D eigenvalue weighted by Gasteiger charge is -2.17. The first-order valence-electron chi connectivity index (χ1n) is 7.24. The van der Waals surface area contributed by atoms with Crippen molar-refractivity contribution in [3.8, 4) is 0 Å². The Kier molecular flexibility index (Phi) is 6.22. The number of aliphatic carboxylic acids is 1. The highest BCUT2D eigenvalue weighted by Gasteiger charge is 2.31. The highest BCUT2D eigenvalue weighted by atomic mass is 35.5. The van der Waals surface area contributed by atoms with Crippen molar-refractivity contribution in [1.29, 1.82) is 0 Å². The van der Waals surface area contributed by atoms with Gasteiger partial charge in [0.2, 0.25) is 0 Å². The molecule has 0 aliphatic carbocycles. The first kappa shape index (κ1) is 19.0. The molecule has 2 rings (SSSR count). The third-order valence-electron chi connectivity index (χ3n) is 3.45. The van der Waals surface area contributed by atoms with Gasteiger partial charge >= 0.3 is 11.9 Å². The molecule has 8 nitrogen and oxygen atoms in total. The van der Waals surface area contributed by atoms with Crippen molar-refractivity contribution in [3.05, 3.63) is 33.8 Å². The zero-order valence-corrected chi connectivity index (χ0v) is 14.3. The lowest BCUT2D eigenvalue weighted by molar-refractivity contribution is -0.148. The van der Waals surface area contributed by atoms with Crippen LogP contribution in [0.15, 0.2) is 18.2 Å². The fourth-order valence-electron chi connectivity index (χ4n) is 2.17. The number of hydrogen-bond donors (Lipinski definition) is 3. The first-order chi connectivity index (χ1) is 11.8. The van der Waals surface area contributed by atoms with Crippen LogP contribution >= 0.6 is 23.2 Å². The Hall–Kier alpha value is -2.32. The molecular weight excluding hydrogens is 375 g/mol. The molecule has 134 valence electrons. The van der Waals surface area contributed by atoms with E-state index >= 15 is 0 Å². The number of nitrogens with one attached hydrogen (secondary N) is 2. The summed E-state index contributed by atoms with van der Waals surface area (Å²) in [4.78, 5) is 46.4. The number of ether oxygens (including phenoxy) is 1. The Morgan fingerprint density at radius 1 is 1.28 bits per heavy atom. The van der Waals surface area contributed by atoms with Crippen molar-refractivity contribution in [3.63, 3.8) is 0 Å². The van der Waals surface area contributed by atoms with Crippen LogP contribution in [0.1, 0.15) is 23.2 Å². The van der Waals surface area contributed by atoms with Gasteiger partial charge < -0.3 is 20.5 Å². The number of cyclic esters (lactones) is 1. The van der Waals surface area contributed by atoms with Gasteiger partial charge in [-0.05, 0) is 12.1 Å². The maximum absolute atomic E-state index is 12.2. The third kappa shape index (κ3) is 4.83. The molecule has 1 heterocycles. The minimum atomic E-state index is -1.42. The number of benzene rings is 1. The van der Waals surface area contributed by atoms with Crippen LogP contribution in [-0.2, 0) is 19.1 Å². The number of esters is 1. The van der Waals surface area contributed by atoms with E-state index in [-0.39, 0.29) is 28.5 Å². The van der Waals surface area contributed by atoms with Crippen LogP contribution in [0, 0.1) is 0 Å². The number of rotatable bonds is 6. The predicted molar refractivity (Wildman–Crippen MR) is 87.5 cm³/mol. The normalized spacial score (nSPS) is 17.5. The molecule has 2 atom stereocenters. The van der Waals surface area contributed by atoms with E-state index in [1.165, 1.54) is 12.1 Å². The molecule has 25 heavy (non-hydrogen) atoms. The van der Waals surface area contributed by atoms with Crippen LogP contribution in [0.3, 0.4) is 0 Å². The minimum absolute atomic E-state index is 0.0619. The van der Waals surface area contributed by atoms with E-state index in [4.69, 9.17) is 27.9 Å². The van der Waals surface area contributed by atoms with Gasteiger partial charge in [0.1, 0.15) is 6.04 Å². The van der Waals surface area contributed by atoms with E-state index in [0.29, 0.717) is 0 Å². The number of amides is 2. The van der Waals surface area contributed by atoms with E-state index in [0.717, 1.165) is 0 Å². The second kappa shape index (κ2) is 8.17. The molecule has 3 N–H and O–H groups in total. The molecule has 1 aliphatic rings. The summed E-state index contributed by atoms with van der Waals surface area (Å²) in [6, 6.07) is 3.00. The van der Waals surface area contributed by atoms with E-state index in [1.54, 1.807) is 6.07 Å². The molecule has 1 aromatic rings. The van der Waals surface area contributed by atoms with Crippen LogP contribution in [0.2, 0.25) is 10.0 Å². The van der Waals surface area contributed by atoms with Gasteiger partial charge in [-0.2, -0.15) is 0 Å². The van der Waals surface area contributed by atoms with Crippen LogP contribution in [-0.4, -0.2) is 47.6 Å². The van der Waals surface area contributed by atoms with Crippen molar-refractivity contribution < 1.29 is 29.0 Å². The van der Waals surface area contributed by atoms with E-state index < -0.39 is 42.4 Å². The molecule has 0 radical (unpaired) electrons. The molecule has 0 unspecified atom stereocenters. The average molecular weight is 389 g/mol. The van der Waals surface area contributed by atoms with Crippen molar-refractivity contribution in [2.24, 2.45) is 0 Å². The Morgan fingerprint density at radius 2 is 1.92 bits per heavy atom. The summed E-state index contributed by atoms with van der Waals surface area (Å²) in [5.41, 5.74) is -0.0619. The maximum atomic E-state index is 12.2. The summed E-state index contributed by atoms with van der Waals surface area (Å²) in [6.07, 6.45) is -0.595. The Morgan fingerprint density at radius 3 is 2.44 bits per heavy atom. The quantitative estimate of drug-likeness (QED) is 0.624. The number of carboxylic acids is 1. The number of halogens is 2. The van der Waals surface area contributed by atoms with Crippen LogP contribution in [0.25, 0.3) is 0 Å². The van der Waals surface area contributed by atoms with Crippen molar-refractivity contribution in [2.75, 3.05) is 6.54 Å². The summed E-state index contributed by atoms with van der Waals surface area (Å²) >= 11 is 11.8. The Bertz CT molecular complexity index is 704. The van der Waals surface area contributed by atoms with E-state index in [2.05, 4.69) is 10.6 Å². The molecule has 10 heteroatoms. The topological polar surface area (TPSA) is 122 Å². The van der Waals surface area contributed by atoms with Crippen molar-refractivity contribution in [2.45, 2.75) is 25.0 Å². The van der Waals surface area contributed by atoms with Gasteiger partial charge in [-0.15, -0.1) is 0 Å². The maximum Gasteiger partial charge on any atom is 0.328 e. The number of carboxylic acid groups (broad SMARTS) is 1. The summed E-state index contributed by atoms with van der Waals surface area (Å²) in [5, 5.41) is 13.9. The Balaban J connectivity index is 1.99. The molecule has 0 bridgehead atoms. The van der Waals surface area contributed by atoms with Crippen LogP contribution < -0.4 is 10.6 Å². The third-order valence-corrected chi connectivity index (χ3v) is 4.08. The standard InChI is InChI=1S/C15H14Cl2N2O6/c16-7-2-1-3-8(17)12(7)14(22)19-9(15(23)24)6-18-13(21)10-4-5-11(20)25-10/h1-3,9-10H,4-6H2,(H,18,21)(H,19,22)(H,23,24)/t9-,10-/m0/s1. The zero-order chi connectivity index (χ0) is 18.6. The second-order valence-corrected chi connectivity index (χ2v) is 6.04. The molecule has 1 fully saturated rings. The fourth-order valence-corrected chi connectivity index (χ4v) is 2.74. The highest BCUT2D eigenvalue weighted by molar-refractivity contribution is 6.39. The SMILES string of the molecule is O=C1CC[C@@H](C(=O)NC[C@H](NC(=O)c2c(Cl)cccc2Cl)C(=O)O)O1. The van der Waals surface area contributed by atoms with Gasteiger partial charge in [0, 0.05) is 19.4 Å². The van der Waals surface area contributed by atoms with Gasteiger partial charge in [0.05, 0.1) is 15.6 Å². The molecule has 1 saturated heterocycles. The zero-order valence-electron chi connectivity index (χ0n) is 12.8. The number of hydrogen-bond acceptors (Lipinski definition) is 5. The van der Waals surface area contributed by atoms with Gasteiger partial charge in [-0.1, -0.05) is 29.3 Å². The van der Waals surface area contributed by atoms with E-state index in [9.17, 15) is 24.3 Å². The lowest BCUT2D eigenvalue weighted by atomic mass is 10.2. The second-order valence-electron chi connectivity index (χ2n) is 5.22. The molecule has 2 amide bonds. The average Bonchev–Trinajstić information content (AvgIpc) is 2.97. The first-order valence-corrected chi connectivity index (χ1v) is 8.00. The smallest absolute Gasteiger partial charge is 0.328 e. The summed E-state index contributed by atoms with van der Waals surface area (Å²) < 4.78 is 4.78. The van der Waals surface area contributed by atoms with Crippen molar-refractivity contribution in [1.82, 2.24) is 10.6 Å². The molecule has 1 aliphatic heterocycles. The molecule has 1 aromatic carbocycles. The lowest BCUT2D eigenvalue weighted by Crippen LogP contribution is -2.50. The van der Waals surface area contributed by atoms with Gasteiger partial charge in [0.15, 0.2) is 6.10 Å². The highest BCUT2D eigenvalue weighted by Crippen LogP contribution is 2.24. The van der Waals surface area contributed by atoms with E-state index in [1.807, 2.05) is 0 Å². The largest absolute Gasteiger partial charge is 0.480 e. The number of carbonyl (C=O) groups is 4. The van der Waals surface area contributed by atoms with Crippen LogP contribution in [0.4, 0.5) is 0 Å². The van der Waals surface area contributed by atoms with Gasteiger partial charge in [-0.3, -0.25) is 14.4 Å².